The molecule has 2 unspecified atom stereocenters. The van der Waals surface area contributed by atoms with E-state index < -0.39 is 0 Å². The molecule has 0 bridgehead atoms. The van der Waals surface area contributed by atoms with Crippen LogP contribution in [0.25, 0.3) is 0 Å². The zero-order valence-corrected chi connectivity index (χ0v) is 12.3. The molecule has 1 aliphatic carbocycles. The zero-order valence-electron chi connectivity index (χ0n) is 12.3. The van der Waals surface area contributed by atoms with E-state index in [-0.39, 0.29) is 12.1 Å². The van der Waals surface area contributed by atoms with E-state index in [0.29, 0.717) is 0 Å². The number of nitrogens with two attached hydrogens (primary N) is 1. The minimum atomic E-state index is -0.0239. The van der Waals surface area contributed by atoms with Gasteiger partial charge in [0.25, 0.3) is 0 Å². The number of ether oxygens (including phenoxy) is 1. The number of rotatable bonds is 5. The number of aryl methyl sites for hydroxylation is 1. The number of benzene rings is 1. The van der Waals surface area contributed by atoms with Gasteiger partial charge in [-0.15, -0.1) is 0 Å². The summed E-state index contributed by atoms with van der Waals surface area (Å²) in [6.07, 6.45) is 6.87. The van der Waals surface area contributed by atoms with E-state index >= 15 is 0 Å². The molecule has 1 aromatic carbocycles. The van der Waals surface area contributed by atoms with Crippen molar-refractivity contribution in [3.8, 4) is 0 Å². The Kier molecular flexibility index (Phi) is 5.41. The molecule has 0 aliphatic heterocycles. The Labute approximate surface area is 117 Å². The predicted molar refractivity (Wildman–Crippen MR) is 80.1 cm³/mol. The van der Waals surface area contributed by atoms with E-state index in [1.165, 1.54) is 43.2 Å². The van der Waals surface area contributed by atoms with E-state index in [1.54, 1.807) is 0 Å². The molecule has 0 radical (unpaired) electrons. The van der Waals surface area contributed by atoms with Crippen LogP contribution in [0.5, 0.6) is 0 Å². The summed E-state index contributed by atoms with van der Waals surface area (Å²) in [5, 5.41) is 0. The van der Waals surface area contributed by atoms with Crippen LogP contribution >= 0.6 is 0 Å². The fourth-order valence-corrected chi connectivity index (χ4v) is 2.81. The maximum absolute atomic E-state index is 6.28. The van der Waals surface area contributed by atoms with Gasteiger partial charge in [0.05, 0.1) is 12.1 Å². The molecule has 0 aromatic heterocycles. The Morgan fingerprint density at radius 2 is 1.79 bits per heavy atom. The van der Waals surface area contributed by atoms with Crippen LogP contribution in [-0.2, 0) is 4.74 Å². The SMILES string of the molecule is Cc1ccc(C(N)C(C)OCC2CCCCC2)cc1. The minimum Gasteiger partial charge on any atom is -0.376 e. The summed E-state index contributed by atoms with van der Waals surface area (Å²) in [6.45, 7) is 5.06. The van der Waals surface area contributed by atoms with Crippen molar-refractivity contribution in [1.29, 1.82) is 0 Å². The smallest absolute Gasteiger partial charge is 0.0739 e. The summed E-state index contributed by atoms with van der Waals surface area (Å²) in [6, 6.07) is 8.43. The second kappa shape index (κ2) is 7.06. The van der Waals surface area contributed by atoms with Gasteiger partial charge < -0.3 is 10.5 Å². The lowest BCUT2D eigenvalue weighted by Crippen LogP contribution is -2.28. The fraction of sp³-hybridized carbons (Fsp3) is 0.647. The molecule has 1 fully saturated rings. The van der Waals surface area contributed by atoms with Crippen LogP contribution in [0.4, 0.5) is 0 Å². The highest BCUT2D eigenvalue weighted by molar-refractivity contribution is 5.24. The maximum Gasteiger partial charge on any atom is 0.0739 e. The Morgan fingerprint density at radius 3 is 2.42 bits per heavy atom. The highest BCUT2D eigenvalue weighted by atomic mass is 16.5. The lowest BCUT2D eigenvalue weighted by Gasteiger charge is -2.26. The van der Waals surface area contributed by atoms with Crippen LogP contribution in [0.2, 0.25) is 0 Å². The van der Waals surface area contributed by atoms with Gasteiger partial charge in [0.1, 0.15) is 0 Å². The second-order valence-corrected chi connectivity index (χ2v) is 5.98. The van der Waals surface area contributed by atoms with Gasteiger partial charge in [0, 0.05) is 6.61 Å². The third kappa shape index (κ3) is 4.32. The van der Waals surface area contributed by atoms with Crippen molar-refractivity contribution in [3.63, 3.8) is 0 Å². The number of hydrogen-bond acceptors (Lipinski definition) is 2. The summed E-state index contributed by atoms with van der Waals surface area (Å²) < 4.78 is 6.00. The molecule has 0 amide bonds. The number of hydrogen-bond donors (Lipinski definition) is 1. The molecule has 2 heteroatoms. The van der Waals surface area contributed by atoms with Gasteiger partial charge in [0.2, 0.25) is 0 Å². The molecule has 2 atom stereocenters. The first kappa shape index (κ1) is 14.5. The first-order valence-electron chi connectivity index (χ1n) is 7.60. The fourth-order valence-electron chi connectivity index (χ4n) is 2.81. The van der Waals surface area contributed by atoms with Crippen LogP contribution in [0.1, 0.15) is 56.2 Å². The Morgan fingerprint density at radius 1 is 1.16 bits per heavy atom. The van der Waals surface area contributed by atoms with Gasteiger partial charge in [0.15, 0.2) is 0 Å². The topological polar surface area (TPSA) is 35.2 Å². The van der Waals surface area contributed by atoms with E-state index in [1.807, 2.05) is 0 Å². The molecule has 1 aliphatic rings. The Hall–Kier alpha value is -0.860. The molecule has 0 heterocycles. The van der Waals surface area contributed by atoms with E-state index in [4.69, 9.17) is 10.5 Å². The average Bonchev–Trinajstić information content (AvgIpc) is 2.46. The quantitative estimate of drug-likeness (QED) is 0.870. The predicted octanol–water partition coefficient (Wildman–Crippen LogP) is 3.98. The van der Waals surface area contributed by atoms with Crippen LogP contribution in [0, 0.1) is 12.8 Å². The van der Waals surface area contributed by atoms with Gasteiger partial charge in [-0.3, -0.25) is 0 Å². The molecule has 0 saturated heterocycles. The van der Waals surface area contributed by atoms with Crippen molar-refractivity contribution in [3.05, 3.63) is 35.4 Å². The molecule has 106 valence electrons. The van der Waals surface area contributed by atoms with Gasteiger partial charge >= 0.3 is 0 Å². The molecule has 2 nitrogen and oxygen atoms in total. The Bertz CT molecular complexity index is 367. The van der Waals surface area contributed by atoms with Crippen molar-refractivity contribution >= 4 is 0 Å². The summed E-state index contributed by atoms with van der Waals surface area (Å²) >= 11 is 0. The monoisotopic (exact) mass is 261 g/mol. The van der Waals surface area contributed by atoms with E-state index in [2.05, 4.69) is 38.1 Å². The van der Waals surface area contributed by atoms with Crippen molar-refractivity contribution in [1.82, 2.24) is 0 Å². The van der Waals surface area contributed by atoms with Crippen LogP contribution < -0.4 is 5.73 Å². The molecule has 2 rings (SSSR count). The van der Waals surface area contributed by atoms with Crippen molar-refractivity contribution in [2.45, 2.75) is 58.1 Å². The largest absolute Gasteiger partial charge is 0.376 e. The standard InChI is InChI=1S/C17H27NO/c1-13-8-10-16(11-9-13)17(18)14(2)19-12-15-6-4-3-5-7-15/h8-11,14-15,17H,3-7,12,18H2,1-2H3. The van der Waals surface area contributed by atoms with Gasteiger partial charge in [-0.25, -0.2) is 0 Å². The normalized spacial score (nSPS) is 20.2. The molecule has 1 aromatic rings. The van der Waals surface area contributed by atoms with Gasteiger partial charge in [-0.05, 0) is 38.2 Å². The molecule has 19 heavy (non-hydrogen) atoms. The van der Waals surface area contributed by atoms with E-state index in [9.17, 15) is 0 Å². The molecular weight excluding hydrogens is 234 g/mol. The summed E-state index contributed by atoms with van der Waals surface area (Å²) in [5.41, 5.74) is 8.72. The lowest BCUT2D eigenvalue weighted by atomic mass is 9.90. The summed E-state index contributed by atoms with van der Waals surface area (Å²) in [5.74, 6) is 0.751. The molecule has 2 N–H and O–H groups in total. The minimum absolute atomic E-state index is 0.0239. The Balaban J connectivity index is 1.81. The summed E-state index contributed by atoms with van der Waals surface area (Å²) in [7, 11) is 0. The van der Waals surface area contributed by atoms with Crippen LogP contribution in [0.3, 0.4) is 0 Å². The summed E-state index contributed by atoms with van der Waals surface area (Å²) in [4.78, 5) is 0. The van der Waals surface area contributed by atoms with E-state index in [0.717, 1.165) is 12.5 Å². The van der Waals surface area contributed by atoms with Gasteiger partial charge in [-0.2, -0.15) is 0 Å². The van der Waals surface area contributed by atoms with Crippen molar-refractivity contribution in [2.24, 2.45) is 11.7 Å². The highest BCUT2D eigenvalue weighted by Crippen LogP contribution is 2.25. The lowest BCUT2D eigenvalue weighted by molar-refractivity contribution is 0.0169. The van der Waals surface area contributed by atoms with Crippen LogP contribution in [0.15, 0.2) is 24.3 Å². The average molecular weight is 261 g/mol. The highest BCUT2D eigenvalue weighted by Gasteiger charge is 2.19. The maximum atomic E-state index is 6.28. The third-order valence-corrected chi connectivity index (χ3v) is 4.29. The third-order valence-electron chi connectivity index (χ3n) is 4.29. The molecular formula is C17H27NO. The molecule has 1 saturated carbocycles. The molecule has 0 spiro atoms. The van der Waals surface area contributed by atoms with Crippen molar-refractivity contribution < 1.29 is 4.74 Å². The zero-order chi connectivity index (χ0) is 13.7. The second-order valence-electron chi connectivity index (χ2n) is 5.98. The van der Waals surface area contributed by atoms with Crippen molar-refractivity contribution in [2.75, 3.05) is 6.61 Å². The first-order chi connectivity index (χ1) is 9.16. The first-order valence-corrected chi connectivity index (χ1v) is 7.60. The van der Waals surface area contributed by atoms with Crippen LogP contribution in [-0.4, -0.2) is 12.7 Å². The van der Waals surface area contributed by atoms with Gasteiger partial charge in [-0.1, -0.05) is 49.1 Å².